The summed E-state index contributed by atoms with van der Waals surface area (Å²) < 4.78 is 74.2. The smallest absolute Gasteiger partial charge is 0.417 e. The van der Waals surface area contributed by atoms with Crippen molar-refractivity contribution in [2.45, 2.75) is 43.8 Å². The van der Waals surface area contributed by atoms with Crippen LogP contribution in [0.1, 0.15) is 43.4 Å². The van der Waals surface area contributed by atoms with Gasteiger partial charge in [-0.15, -0.1) is 0 Å². The molecule has 2 aromatic carbocycles. The van der Waals surface area contributed by atoms with Crippen molar-refractivity contribution in [3.05, 3.63) is 53.1 Å². The summed E-state index contributed by atoms with van der Waals surface area (Å²) in [5.41, 5.74) is -1.16. The lowest BCUT2D eigenvalue weighted by Gasteiger charge is -2.21. The summed E-state index contributed by atoms with van der Waals surface area (Å²) in [6.07, 6.45) is -3.54. The monoisotopic (exact) mass is 560 g/mol. The third-order valence-corrected chi connectivity index (χ3v) is 7.25. The average molecular weight is 561 g/mol. The van der Waals surface area contributed by atoms with Crippen molar-refractivity contribution in [1.29, 1.82) is 5.26 Å². The van der Waals surface area contributed by atoms with E-state index in [4.69, 9.17) is 10.00 Å². The van der Waals surface area contributed by atoms with Crippen molar-refractivity contribution >= 4 is 38.9 Å². The fraction of sp³-hybridized carbons (Fsp3) is 0.320. The molecule has 0 saturated heterocycles. The summed E-state index contributed by atoms with van der Waals surface area (Å²) in [6, 6.07) is 6.90. The quantitative estimate of drug-likeness (QED) is 0.519. The van der Waals surface area contributed by atoms with Gasteiger partial charge >= 0.3 is 6.18 Å². The molecule has 1 atom stereocenters. The van der Waals surface area contributed by atoms with E-state index in [1.165, 1.54) is 29.3 Å². The number of amidine groups is 1. The van der Waals surface area contributed by atoms with Crippen molar-refractivity contribution in [3.8, 4) is 11.8 Å². The molecule has 0 fully saturated rings. The lowest BCUT2D eigenvalue weighted by atomic mass is 10.0. The first-order valence-corrected chi connectivity index (χ1v) is 13.3. The molecule has 4 rings (SSSR count). The first-order chi connectivity index (χ1) is 18.4. The summed E-state index contributed by atoms with van der Waals surface area (Å²) in [4.78, 5) is 21.2. The molecule has 0 aromatic heterocycles. The van der Waals surface area contributed by atoms with E-state index in [0.717, 1.165) is 18.6 Å². The Morgan fingerprint density at radius 2 is 1.90 bits per heavy atom. The minimum absolute atomic E-state index is 0.0661. The van der Waals surface area contributed by atoms with Crippen LogP contribution in [-0.2, 0) is 21.0 Å². The summed E-state index contributed by atoms with van der Waals surface area (Å²) in [7, 11) is -2.79. The number of anilines is 1. The molecule has 0 radical (unpaired) electrons. The second-order valence-electron chi connectivity index (χ2n) is 8.61. The SMILES string of the molecule is CCCC1=NN(C)C2C(=O)N=C(c3cc(S(=O)(=O)Nc4ccc(C#N)c(C(F)(F)F)c4)ccc3OCC)N=C12. The van der Waals surface area contributed by atoms with Gasteiger partial charge in [-0.2, -0.15) is 28.5 Å². The summed E-state index contributed by atoms with van der Waals surface area (Å²) in [5, 5.41) is 14.9. The van der Waals surface area contributed by atoms with Gasteiger partial charge in [0.1, 0.15) is 11.5 Å². The maximum absolute atomic E-state index is 13.4. The maximum atomic E-state index is 13.4. The second kappa shape index (κ2) is 10.5. The summed E-state index contributed by atoms with van der Waals surface area (Å²) in [6.45, 7) is 3.89. The number of sulfonamides is 1. The molecule has 0 bridgehead atoms. The molecule has 0 saturated carbocycles. The number of hydrazone groups is 1. The van der Waals surface area contributed by atoms with E-state index in [1.807, 2.05) is 6.92 Å². The van der Waals surface area contributed by atoms with E-state index in [0.29, 0.717) is 23.9 Å². The number of nitrogens with zero attached hydrogens (tertiary/aromatic N) is 5. The Kier molecular flexibility index (Phi) is 7.47. The zero-order valence-corrected chi connectivity index (χ0v) is 21.9. The number of nitrogens with one attached hydrogen (secondary N) is 1. The zero-order chi connectivity index (χ0) is 28.5. The second-order valence-corrected chi connectivity index (χ2v) is 10.3. The van der Waals surface area contributed by atoms with Gasteiger partial charge in [-0.3, -0.25) is 14.5 Å². The highest BCUT2D eigenvalue weighted by atomic mass is 32.2. The van der Waals surface area contributed by atoms with E-state index >= 15 is 0 Å². The Hall–Kier alpha value is -4.25. The number of aliphatic imine (C=N–C) groups is 2. The number of halogens is 3. The number of nitriles is 1. The molecule has 2 aromatic rings. The highest BCUT2D eigenvalue weighted by Gasteiger charge is 2.40. The maximum Gasteiger partial charge on any atom is 0.417 e. The Bertz CT molecular complexity index is 1570. The van der Waals surface area contributed by atoms with Gasteiger partial charge < -0.3 is 4.74 Å². The Morgan fingerprint density at radius 1 is 1.15 bits per heavy atom. The number of carbonyl (C=O) groups is 1. The van der Waals surface area contributed by atoms with Gasteiger partial charge in [0, 0.05) is 12.7 Å². The molecule has 1 amide bonds. The largest absolute Gasteiger partial charge is 0.493 e. The van der Waals surface area contributed by atoms with Crippen molar-refractivity contribution in [3.63, 3.8) is 0 Å². The van der Waals surface area contributed by atoms with Gasteiger partial charge in [0.05, 0.1) is 40.0 Å². The van der Waals surface area contributed by atoms with Crippen LogP contribution in [0.15, 0.2) is 56.4 Å². The molecular weight excluding hydrogens is 537 g/mol. The van der Waals surface area contributed by atoms with Gasteiger partial charge in [0.25, 0.3) is 15.9 Å². The molecule has 2 aliphatic rings. The van der Waals surface area contributed by atoms with E-state index < -0.39 is 39.3 Å². The number of ether oxygens (including phenoxy) is 1. The standard InChI is InChI=1S/C25H23F3N6O4S/c1-4-6-19-21-22(34(3)32-19)24(35)31-23(30-21)17-12-16(9-10-20(17)38-5-2)39(36,37)33-15-8-7-14(13-29)18(11-15)25(26,27)28/h7-12,22,33H,4-6H2,1-3H3. The first-order valence-electron chi connectivity index (χ1n) is 11.8. The van der Waals surface area contributed by atoms with Crippen molar-refractivity contribution in [1.82, 2.24) is 5.01 Å². The van der Waals surface area contributed by atoms with Crippen LogP contribution in [0.5, 0.6) is 5.75 Å². The van der Waals surface area contributed by atoms with E-state index in [2.05, 4.69) is 19.8 Å². The fourth-order valence-electron chi connectivity index (χ4n) is 4.16. The minimum atomic E-state index is -4.87. The van der Waals surface area contributed by atoms with Crippen LogP contribution >= 0.6 is 0 Å². The van der Waals surface area contributed by atoms with Crippen molar-refractivity contribution < 1.29 is 31.1 Å². The number of rotatable bonds is 8. The van der Waals surface area contributed by atoms with Gasteiger partial charge in [0.2, 0.25) is 0 Å². The molecule has 1 N–H and O–H groups in total. The third-order valence-electron chi connectivity index (χ3n) is 5.87. The number of likely N-dealkylation sites (N-methyl/N-ethyl adjacent to an activating group) is 1. The molecule has 10 nitrogen and oxygen atoms in total. The molecule has 2 heterocycles. The van der Waals surface area contributed by atoms with Gasteiger partial charge in [-0.1, -0.05) is 13.3 Å². The molecule has 2 aliphatic heterocycles. The molecule has 0 spiro atoms. The number of alkyl halides is 3. The normalized spacial score (nSPS) is 17.2. The molecular formula is C25H23F3N6O4S. The number of benzene rings is 2. The fourth-order valence-corrected chi connectivity index (χ4v) is 5.24. The Balaban J connectivity index is 1.75. The average Bonchev–Trinajstić information content (AvgIpc) is 3.19. The highest BCUT2D eigenvalue weighted by molar-refractivity contribution is 7.92. The molecule has 1 unspecified atom stereocenters. The van der Waals surface area contributed by atoms with Gasteiger partial charge in [-0.05, 0) is 49.7 Å². The topological polar surface area (TPSA) is 137 Å². The van der Waals surface area contributed by atoms with Crippen LogP contribution in [0.3, 0.4) is 0 Å². The summed E-state index contributed by atoms with van der Waals surface area (Å²) in [5.74, 6) is -0.383. The van der Waals surface area contributed by atoms with E-state index in [-0.39, 0.29) is 34.3 Å². The predicted octanol–water partition coefficient (Wildman–Crippen LogP) is 3.97. The molecule has 204 valence electrons. The van der Waals surface area contributed by atoms with Crippen LogP contribution in [0.4, 0.5) is 18.9 Å². The Morgan fingerprint density at radius 3 is 2.54 bits per heavy atom. The van der Waals surface area contributed by atoms with Crippen LogP contribution in [0.25, 0.3) is 0 Å². The number of hydrogen-bond donors (Lipinski definition) is 1. The minimum Gasteiger partial charge on any atom is -0.493 e. The molecule has 14 heteroatoms. The predicted molar refractivity (Wildman–Crippen MR) is 137 cm³/mol. The van der Waals surface area contributed by atoms with Crippen LogP contribution in [-0.4, -0.2) is 56.3 Å². The number of hydrogen-bond acceptors (Lipinski definition) is 8. The number of amides is 1. The van der Waals surface area contributed by atoms with Crippen LogP contribution in [0, 0.1) is 11.3 Å². The lowest BCUT2D eigenvalue weighted by molar-refractivity contribution is -0.137. The van der Waals surface area contributed by atoms with Crippen molar-refractivity contribution in [2.75, 3.05) is 18.4 Å². The van der Waals surface area contributed by atoms with Gasteiger partial charge in [0.15, 0.2) is 11.9 Å². The van der Waals surface area contributed by atoms with Crippen LogP contribution in [0.2, 0.25) is 0 Å². The third kappa shape index (κ3) is 5.49. The van der Waals surface area contributed by atoms with Crippen molar-refractivity contribution in [2.24, 2.45) is 15.1 Å². The van der Waals surface area contributed by atoms with Gasteiger partial charge in [-0.25, -0.2) is 13.4 Å². The molecule has 0 aliphatic carbocycles. The summed E-state index contributed by atoms with van der Waals surface area (Å²) >= 11 is 0. The highest BCUT2D eigenvalue weighted by Crippen LogP contribution is 2.34. The van der Waals surface area contributed by atoms with Crippen LogP contribution < -0.4 is 9.46 Å². The molecule has 39 heavy (non-hydrogen) atoms. The first kappa shape index (κ1) is 27.8. The number of fused-ring (bicyclic) bond motifs is 1. The van der Waals surface area contributed by atoms with E-state index in [1.54, 1.807) is 14.0 Å². The zero-order valence-electron chi connectivity index (χ0n) is 21.1. The lowest BCUT2D eigenvalue weighted by Crippen LogP contribution is -2.41. The number of carbonyl (C=O) groups excluding carboxylic acids is 1. The Labute approximate surface area is 222 Å². The van der Waals surface area contributed by atoms with E-state index in [9.17, 15) is 26.4 Å².